The molecular weight excluding hydrogens is 359 g/mol. The van der Waals surface area contributed by atoms with Gasteiger partial charge in [-0.15, -0.1) is 0 Å². The Kier molecular flexibility index (Phi) is 3.76. The summed E-state index contributed by atoms with van der Waals surface area (Å²) in [4.78, 5) is 5.47. The summed E-state index contributed by atoms with van der Waals surface area (Å²) in [7, 11) is 1.84. The van der Waals surface area contributed by atoms with E-state index in [2.05, 4.69) is 20.9 Å². The van der Waals surface area contributed by atoms with Crippen molar-refractivity contribution in [2.75, 3.05) is 13.2 Å². The predicted molar refractivity (Wildman–Crippen MR) is 81.4 cm³/mol. The Bertz CT molecular complexity index is 809. The molecule has 3 nitrogen and oxygen atoms in total. The number of hydrogen-bond acceptors (Lipinski definition) is 2. The maximum atomic E-state index is 12.6. The van der Waals surface area contributed by atoms with Gasteiger partial charge in [-0.1, -0.05) is 30.3 Å². The third-order valence-electron chi connectivity index (χ3n) is 3.49. The zero-order valence-electron chi connectivity index (χ0n) is 11.7. The number of alkyl halides is 3. The lowest BCUT2D eigenvalue weighted by molar-refractivity contribution is -0.138. The van der Waals surface area contributed by atoms with Gasteiger partial charge >= 0.3 is 6.18 Å². The Labute approximate surface area is 133 Å². The minimum absolute atomic E-state index is 0.00499. The quantitative estimate of drug-likeness (QED) is 0.794. The highest BCUT2D eigenvalue weighted by atomic mass is 79.9. The molecule has 0 fully saturated rings. The highest BCUT2D eigenvalue weighted by molar-refractivity contribution is 9.10. The van der Waals surface area contributed by atoms with Crippen molar-refractivity contribution in [3.05, 3.63) is 45.6 Å². The van der Waals surface area contributed by atoms with Gasteiger partial charge in [0.15, 0.2) is 0 Å². The van der Waals surface area contributed by atoms with Gasteiger partial charge in [-0.2, -0.15) is 13.2 Å². The number of hydrogen-bond donors (Lipinski definition) is 0. The molecular formula is C15H13BrF3N3. The number of halogens is 4. The summed E-state index contributed by atoms with van der Waals surface area (Å²) < 4.78 is 40.5. The Morgan fingerprint density at radius 1 is 1.23 bits per heavy atom. The van der Waals surface area contributed by atoms with E-state index in [0.717, 1.165) is 15.7 Å². The summed E-state index contributed by atoms with van der Waals surface area (Å²) in [5, 5.41) is 0.705. The van der Waals surface area contributed by atoms with Crippen molar-refractivity contribution >= 4 is 22.1 Å². The van der Waals surface area contributed by atoms with Crippen LogP contribution < -0.4 is 10.7 Å². The molecule has 0 N–H and O–H groups in total. The normalized spacial score (nSPS) is 14.3. The molecule has 1 aromatic carbocycles. The molecule has 2 heterocycles. The van der Waals surface area contributed by atoms with Crippen molar-refractivity contribution < 1.29 is 13.2 Å². The van der Waals surface area contributed by atoms with E-state index in [1.54, 1.807) is 6.20 Å². The van der Waals surface area contributed by atoms with Crippen LogP contribution in [0.1, 0.15) is 0 Å². The molecule has 116 valence electrons. The summed E-state index contributed by atoms with van der Waals surface area (Å²) in [5.74, 6) is 0. The van der Waals surface area contributed by atoms with E-state index >= 15 is 0 Å². The molecule has 0 atom stereocenters. The van der Waals surface area contributed by atoms with Crippen LogP contribution in [0.3, 0.4) is 0 Å². The van der Waals surface area contributed by atoms with Crippen LogP contribution in [0.15, 0.2) is 39.9 Å². The van der Waals surface area contributed by atoms with Crippen LogP contribution in [0, 0.1) is 0 Å². The monoisotopic (exact) mass is 371 g/mol. The lowest BCUT2D eigenvalue weighted by atomic mass is 10.1. The second-order valence-electron chi connectivity index (χ2n) is 5.12. The van der Waals surface area contributed by atoms with Gasteiger partial charge in [-0.05, 0) is 21.5 Å². The molecule has 22 heavy (non-hydrogen) atoms. The van der Waals surface area contributed by atoms with Gasteiger partial charge in [-0.3, -0.25) is 0 Å². The average Bonchev–Trinajstić information content (AvgIpc) is 2.70. The van der Waals surface area contributed by atoms with Crippen molar-refractivity contribution in [2.45, 2.75) is 6.18 Å². The molecule has 1 aliphatic rings. The van der Waals surface area contributed by atoms with Crippen molar-refractivity contribution in [1.29, 1.82) is 0 Å². The summed E-state index contributed by atoms with van der Waals surface area (Å²) in [6.45, 7) is -0.998. The van der Waals surface area contributed by atoms with Gasteiger partial charge in [0.2, 0.25) is 0 Å². The van der Waals surface area contributed by atoms with E-state index in [0.29, 0.717) is 10.7 Å². The molecule has 0 saturated heterocycles. The van der Waals surface area contributed by atoms with Gasteiger partial charge in [-0.25, -0.2) is 4.99 Å². The number of fused-ring (bicyclic) bond motifs is 1. The SMILES string of the molecule is Cn1c(Br)c(-c2ccccc2)c2c1=NCN(CC(F)(F)F)C=2. The minimum atomic E-state index is -4.25. The molecule has 7 heteroatoms. The first kappa shape index (κ1) is 15.1. The van der Waals surface area contributed by atoms with Crippen molar-refractivity contribution in [1.82, 2.24) is 9.47 Å². The Morgan fingerprint density at radius 3 is 2.55 bits per heavy atom. The molecule has 0 spiro atoms. The second-order valence-corrected chi connectivity index (χ2v) is 5.87. The highest BCUT2D eigenvalue weighted by Gasteiger charge is 2.30. The number of aromatic nitrogens is 1. The Balaban J connectivity index is 2.17. The maximum absolute atomic E-state index is 12.6. The first-order valence-corrected chi connectivity index (χ1v) is 7.43. The van der Waals surface area contributed by atoms with Crippen LogP contribution in [0.2, 0.25) is 0 Å². The van der Waals surface area contributed by atoms with Gasteiger partial charge in [0.05, 0.1) is 4.60 Å². The summed E-state index contributed by atoms with van der Waals surface area (Å²) in [6, 6.07) is 9.55. The lowest BCUT2D eigenvalue weighted by Gasteiger charge is -2.21. The van der Waals surface area contributed by atoms with Gasteiger partial charge in [0.1, 0.15) is 18.7 Å². The van der Waals surface area contributed by atoms with Crippen LogP contribution in [0.25, 0.3) is 17.3 Å². The molecule has 0 amide bonds. The molecule has 0 radical (unpaired) electrons. The second kappa shape index (κ2) is 5.46. The Hall–Kier alpha value is -1.76. The fourth-order valence-corrected chi connectivity index (χ4v) is 3.17. The third-order valence-corrected chi connectivity index (χ3v) is 4.42. The molecule has 0 bridgehead atoms. The average molecular weight is 372 g/mol. The van der Waals surface area contributed by atoms with Gasteiger partial charge < -0.3 is 9.47 Å². The lowest BCUT2D eigenvalue weighted by Crippen LogP contribution is -2.41. The van der Waals surface area contributed by atoms with E-state index in [-0.39, 0.29) is 6.67 Å². The largest absolute Gasteiger partial charge is 0.405 e. The highest BCUT2D eigenvalue weighted by Crippen LogP contribution is 2.24. The fourth-order valence-electron chi connectivity index (χ4n) is 2.56. The van der Waals surface area contributed by atoms with Gasteiger partial charge in [0.25, 0.3) is 0 Å². The number of benzene rings is 1. The molecule has 1 aliphatic heterocycles. The first-order chi connectivity index (χ1) is 10.4. The first-order valence-electron chi connectivity index (χ1n) is 6.63. The smallest absolute Gasteiger partial charge is 0.348 e. The van der Waals surface area contributed by atoms with Gasteiger partial charge in [0, 0.05) is 24.0 Å². The van der Waals surface area contributed by atoms with E-state index in [1.807, 2.05) is 41.9 Å². The summed E-state index contributed by atoms with van der Waals surface area (Å²) in [5.41, 5.74) is 2.48. The van der Waals surface area contributed by atoms with Crippen molar-refractivity contribution in [2.24, 2.45) is 12.0 Å². The molecule has 0 unspecified atom stereocenters. The molecule has 2 aromatic rings. The molecule has 0 saturated carbocycles. The third kappa shape index (κ3) is 2.77. The standard InChI is InChI=1S/C15H13BrF3N3/c1-21-13(16)12(10-5-3-2-4-6-10)11-7-22(8-15(17,18)19)9-20-14(11)21/h2-7H,8-9H2,1H3. The van der Waals surface area contributed by atoms with E-state index in [1.165, 1.54) is 4.90 Å². The van der Waals surface area contributed by atoms with Crippen LogP contribution in [0.4, 0.5) is 13.2 Å². The predicted octanol–water partition coefficient (Wildman–Crippen LogP) is 2.65. The van der Waals surface area contributed by atoms with E-state index < -0.39 is 12.7 Å². The van der Waals surface area contributed by atoms with E-state index in [4.69, 9.17) is 0 Å². The van der Waals surface area contributed by atoms with Crippen LogP contribution in [-0.4, -0.2) is 28.9 Å². The fraction of sp³-hybridized carbons (Fsp3) is 0.267. The number of nitrogens with zero attached hydrogens (tertiary/aromatic N) is 3. The molecule has 3 rings (SSSR count). The summed E-state index contributed by atoms with van der Waals surface area (Å²) in [6.07, 6.45) is -2.70. The maximum Gasteiger partial charge on any atom is 0.405 e. The van der Waals surface area contributed by atoms with Crippen molar-refractivity contribution in [3.8, 4) is 11.1 Å². The molecule has 0 aliphatic carbocycles. The van der Waals surface area contributed by atoms with Crippen molar-refractivity contribution in [3.63, 3.8) is 0 Å². The Morgan fingerprint density at radius 2 is 1.91 bits per heavy atom. The molecule has 1 aromatic heterocycles. The van der Waals surface area contributed by atoms with Crippen LogP contribution in [-0.2, 0) is 7.05 Å². The van der Waals surface area contributed by atoms with Crippen LogP contribution >= 0.6 is 15.9 Å². The summed E-state index contributed by atoms with van der Waals surface area (Å²) >= 11 is 3.52. The van der Waals surface area contributed by atoms with E-state index in [9.17, 15) is 13.2 Å². The minimum Gasteiger partial charge on any atom is -0.348 e. The zero-order chi connectivity index (χ0) is 15.9. The van der Waals surface area contributed by atoms with Crippen LogP contribution in [0.5, 0.6) is 0 Å². The number of rotatable bonds is 2. The topological polar surface area (TPSA) is 20.5 Å². The zero-order valence-corrected chi connectivity index (χ0v) is 13.3.